The van der Waals surface area contributed by atoms with E-state index in [0.29, 0.717) is 19.3 Å². The van der Waals surface area contributed by atoms with E-state index in [1.54, 1.807) is 0 Å². The summed E-state index contributed by atoms with van der Waals surface area (Å²) < 4.78 is 4.59. The van der Waals surface area contributed by atoms with Crippen LogP contribution in [0.25, 0.3) is 0 Å². The third-order valence-electron chi connectivity index (χ3n) is 3.17. The fourth-order valence-corrected chi connectivity index (χ4v) is 1.82. The van der Waals surface area contributed by atoms with Gasteiger partial charge in [0.2, 0.25) is 0 Å². The van der Waals surface area contributed by atoms with Gasteiger partial charge in [0.25, 0.3) is 0 Å². The molecule has 0 radical (unpaired) electrons. The highest BCUT2D eigenvalue weighted by Gasteiger charge is 1.96. The molecule has 0 saturated carbocycles. The molecule has 0 atom stereocenters. The highest BCUT2D eigenvalue weighted by atomic mass is 16.5. The second kappa shape index (κ2) is 19.5. The predicted octanol–water partition coefficient (Wildman–Crippen LogP) is 5.42. The lowest BCUT2D eigenvalue weighted by Crippen LogP contribution is -1.98. The third kappa shape index (κ3) is 19.4. The first-order valence-electron chi connectivity index (χ1n) is 8.80. The van der Waals surface area contributed by atoms with E-state index in [-0.39, 0.29) is 5.97 Å². The van der Waals surface area contributed by atoms with Crippen molar-refractivity contribution in [2.45, 2.75) is 57.8 Å². The van der Waals surface area contributed by atoms with Crippen molar-refractivity contribution in [3.05, 3.63) is 48.6 Å². The van der Waals surface area contributed by atoms with Gasteiger partial charge >= 0.3 is 5.97 Å². The van der Waals surface area contributed by atoms with Gasteiger partial charge in [-0.15, -0.1) is 5.92 Å². The SMILES string of the molecule is COC(=O)CCC/C=C/C/C=C/C/C=C/C/C=C/CC#CCCC#N. The largest absolute Gasteiger partial charge is 0.469 e. The first-order chi connectivity index (χ1) is 12.3. The molecule has 0 fully saturated rings. The second-order valence-corrected chi connectivity index (χ2v) is 5.28. The van der Waals surface area contributed by atoms with Crippen molar-refractivity contribution in [1.82, 2.24) is 0 Å². The molecule has 3 nitrogen and oxygen atoms in total. The van der Waals surface area contributed by atoms with Crippen molar-refractivity contribution in [3.8, 4) is 17.9 Å². The van der Waals surface area contributed by atoms with Gasteiger partial charge in [-0.25, -0.2) is 0 Å². The van der Waals surface area contributed by atoms with Gasteiger partial charge in [-0.05, 0) is 32.1 Å². The van der Waals surface area contributed by atoms with Crippen LogP contribution in [0, 0.1) is 23.2 Å². The molecule has 0 N–H and O–H groups in total. The van der Waals surface area contributed by atoms with E-state index >= 15 is 0 Å². The average Bonchev–Trinajstić information content (AvgIpc) is 2.63. The van der Waals surface area contributed by atoms with E-state index in [1.807, 2.05) is 0 Å². The lowest BCUT2D eigenvalue weighted by Gasteiger charge is -1.95. The Balaban J connectivity index is 3.52. The zero-order valence-electron chi connectivity index (χ0n) is 15.2. The Morgan fingerprint density at radius 1 is 0.880 bits per heavy atom. The molecule has 25 heavy (non-hydrogen) atoms. The summed E-state index contributed by atoms with van der Waals surface area (Å²) in [6.45, 7) is 0. The summed E-state index contributed by atoms with van der Waals surface area (Å²) in [4.78, 5) is 10.9. The normalized spacial score (nSPS) is 11.2. The number of nitriles is 1. The summed E-state index contributed by atoms with van der Waals surface area (Å²) in [5.74, 6) is 5.84. The maximum atomic E-state index is 10.9. The minimum atomic E-state index is -0.140. The number of hydrogen-bond acceptors (Lipinski definition) is 3. The van der Waals surface area contributed by atoms with Crippen molar-refractivity contribution in [2.75, 3.05) is 7.11 Å². The lowest BCUT2D eigenvalue weighted by molar-refractivity contribution is -0.140. The zero-order valence-corrected chi connectivity index (χ0v) is 15.2. The van der Waals surface area contributed by atoms with Crippen molar-refractivity contribution in [2.24, 2.45) is 0 Å². The minimum Gasteiger partial charge on any atom is -0.469 e. The fourth-order valence-electron chi connectivity index (χ4n) is 1.82. The Morgan fingerprint density at radius 2 is 1.48 bits per heavy atom. The molecule has 0 aromatic heterocycles. The molecule has 3 heteroatoms. The van der Waals surface area contributed by atoms with E-state index in [2.05, 4.69) is 71.3 Å². The van der Waals surface area contributed by atoms with Gasteiger partial charge in [-0.1, -0.05) is 54.5 Å². The molecule has 0 heterocycles. The number of hydrogen-bond donors (Lipinski definition) is 0. The van der Waals surface area contributed by atoms with Crippen molar-refractivity contribution in [1.29, 1.82) is 5.26 Å². The molecule has 0 saturated heterocycles. The maximum absolute atomic E-state index is 10.9. The lowest BCUT2D eigenvalue weighted by atomic mass is 10.2. The minimum absolute atomic E-state index is 0.140. The van der Waals surface area contributed by atoms with Crippen LogP contribution in [0.1, 0.15) is 57.8 Å². The number of carbonyl (C=O) groups excluding carboxylic acids is 1. The smallest absolute Gasteiger partial charge is 0.305 e. The van der Waals surface area contributed by atoms with Gasteiger partial charge in [0.1, 0.15) is 0 Å². The quantitative estimate of drug-likeness (QED) is 0.206. The first-order valence-corrected chi connectivity index (χ1v) is 8.80. The van der Waals surface area contributed by atoms with Crippen LogP contribution in [0.2, 0.25) is 0 Å². The number of nitrogens with zero attached hydrogens (tertiary/aromatic N) is 1. The van der Waals surface area contributed by atoms with Crippen LogP contribution in [0.5, 0.6) is 0 Å². The number of carbonyl (C=O) groups is 1. The molecule has 0 aliphatic heterocycles. The summed E-state index contributed by atoms with van der Waals surface area (Å²) in [6.07, 6.45) is 24.0. The molecule has 0 aliphatic rings. The molecule has 0 spiro atoms. The summed E-state index contributed by atoms with van der Waals surface area (Å²) in [6, 6.07) is 2.07. The van der Waals surface area contributed by atoms with E-state index in [9.17, 15) is 4.79 Å². The van der Waals surface area contributed by atoms with E-state index < -0.39 is 0 Å². The summed E-state index contributed by atoms with van der Waals surface area (Å²) in [7, 11) is 1.42. The van der Waals surface area contributed by atoms with Crippen molar-refractivity contribution >= 4 is 5.97 Å². The molecule has 134 valence electrons. The molecule has 0 amide bonds. The van der Waals surface area contributed by atoms with Crippen LogP contribution in [-0.4, -0.2) is 13.1 Å². The zero-order chi connectivity index (χ0) is 18.4. The van der Waals surface area contributed by atoms with E-state index in [0.717, 1.165) is 38.5 Å². The molecule has 0 aliphatic carbocycles. The fraction of sp³-hybridized carbons (Fsp3) is 0.455. The van der Waals surface area contributed by atoms with Gasteiger partial charge in [0.15, 0.2) is 0 Å². The maximum Gasteiger partial charge on any atom is 0.305 e. The standard InChI is InChI=1S/C22H29NO2/c1-25-22(24)20-18-16-14-12-10-8-6-4-2-3-5-7-9-11-13-15-17-19-21-23/h2-3,6-9,12,14H,4-5,10-11,16-20H2,1H3/b3-2+,8-6+,9-7+,14-12+. The van der Waals surface area contributed by atoms with Crippen molar-refractivity contribution in [3.63, 3.8) is 0 Å². The molecule has 0 aromatic rings. The number of methoxy groups -OCH3 is 1. The highest BCUT2D eigenvalue weighted by molar-refractivity contribution is 5.69. The Morgan fingerprint density at radius 3 is 2.08 bits per heavy atom. The number of allylic oxidation sites excluding steroid dienone is 8. The number of esters is 1. The third-order valence-corrected chi connectivity index (χ3v) is 3.17. The summed E-state index contributed by atoms with van der Waals surface area (Å²) in [5.41, 5.74) is 0. The van der Waals surface area contributed by atoms with Crippen LogP contribution < -0.4 is 0 Å². The molecule has 0 aromatic carbocycles. The number of ether oxygens (including phenoxy) is 1. The van der Waals surface area contributed by atoms with Gasteiger partial charge < -0.3 is 4.74 Å². The molecule has 0 rings (SSSR count). The van der Waals surface area contributed by atoms with Crippen molar-refractivity contribution < 1.29 is 9.53 Å². The Hall–Kier alpha value is -2.52. The van der Waals surface area contributed by atoms with Crippen LogP contribution in [0.15, 0.2) is 48.6 Å². The summed E-state index contributed by atoms with van der Waals surface area (Å²) >= 11 is 0. The first kappa shape index (κ1) is 22.5. The van der Waals surface area contributed by atoms with E-state index in [1.165, 1.54) is 7.11 Å². The second-order valence-electron chi connectivity index (χ2n) is 5.28. The topological polar surface area (TPSA) is 50.1 Å². The van der Waals surface area contributed by atoms with Crippen LogP contribution >= 0.6 is 0 Å². The predicted molar refractivity (Wildman–Crippen MR) is 104 cm³/mol. The molecule has 0 unspecified atom stereocenters. The van der Waals surface area contributed by atoms with Gasteiger partial charge in [-0.3, -0.25) is 4.79 Å². The number of unbranched alkanes of at least 4 members (excludes halogenated alkanes) is 2. The van der Waals surface area contributed by atoms with Gasteiger partial charge in [0, 0.05) is 25.7 Å². The van der Waals surface area contributed by atoms with Gasteiger partial charge in [0.05, 0.1) is 13.2 Å². The molecular formula is C22H29NO2. The summed E-state index contributed by atoms with van der Waals surface area (Å²) in [5, 5.41) is 8.36. The highest BCUT2D eigenvalue weighted by Crippen LogP contribution is 2.00. The van der Waals surface area contributed by atoms with E-state index in [4.69, 9.17) is 5.26 Å². The Labute approximate surface area is 152 Å². The van der Waals surface area contributed by atoms with Crippen LogP contribution in [-0.2, 0) is 9.53 Å². The monoisotopic (exact) mass is 339 g/mol. The average molecular weight is 339 g/mol. The molecular weight excluding hydrogens is 310 g/mol. The van der Waals surface area contributed by atoms with Crippen LogP contribution in [0.4, 0.5) is 0 Å². The number of rotatable bonds is 12. The Kier molecular flexibility index (Phi) is 17.6. The van der Waals surface area contributed by atoms with Gasteiger partial charge in [-0.2, -0.15) is 5.26 Å². The molecule has 0 bridgehead atoms. The Bertz CT molecular complexity index is 551. The van der Waals surface area contributed by atoms with Crippen LogP contribution in [0.3, 0.4) is 0 Å².